The molecule has 0 saturated heterocycles. The molecule has 1 unspecified atom stereocenters. The maximum absolute atomic E-state index is 13.0. The lowest BCUT2D eigenvalue weighted by molar-refractivity contribution is 0.628. The number of benzene rings is 1. The molecule has 0 bridgehead atoms. The van der Waals surface area contributed by atoms with E-state index in [2.05, 4.69) is 6.92 Å². The lowest BCUT2D eigenvalue weighted by Gasteiger charge is -2.10. The van der Waals surface area contributed by atoms with Gasteiger partial charge in [0.2, 0.25) is 0 Å². The zero-order valence-electron chi connectivity index (χ0n) is 7.88. The Bertz CT molecular complexity index is 288. The number of anilines is 1. The highest BCUT2D eigenvalue weighted by atomic mass is 32.2. The predicted octanol–water partition coefficient (Wildman–Crippen LogP) is 2.87. The van der Waals surface area contributed by atoms with Gasteiger partial charge in [0.15, 0.2) is 0 Å². The molecule has 0 radical (unpaired) electrons. The van der Waals surface area contributed by atoms with Gasteiger partial charge in [-0.05, 0) is 35.6 Å². The Hall–Kier alpha value is -0.700. The molecule has 0 heterocycles. The van der Waals surface area contributed by atoms with Gasteiger partial charge in [0.1, 0.15) is 5.82 Å². The molecular weight excluding hydrogens is 185 g/mol. The van der Waals surface area contributed by atoms with Gasteiger partial charge in [-0.3, -0.25) is 0 Å². The number of halogens is 1. The highest BCUT2D eigenvalue weighted by molar-refractivity contribution is 7.98. The Morgan fingerprint density at radius 1 is 1.54 bits per heavy atom. The van der Waals surface area contributed by atoms with Crippen molar-refractivity contribution in [3.8, 4) is 0 Å². The first-order valence-electron chi connectivity index (χ1n) is 4.19. The van der Waals surface area contributed by atoms with Gasteiger partial charge in [-0.1, -0.05) is 13.0 Å². The van der Waals surface area contributed by atoms with Crippen molar-refractivity contribution in [2.75, 3.05) is 17.7 Å². The van der Waals surface area contributed by atoms with Crippen LogP contribution in [0.25, 0.3) is 0 Å². The summed E-state index contributed by atoms with van der Waals surface area (Å²) in [5.74, 6) is 1.07. The van der Waals surface area contributed by atoms with E-state index in [-0.39, 0.29) is 11.5 Å². The van der Waals surface area contributed by atoms with Gasteiger partial charge in [0.05, 0.1) is 5.69 Å². The van der Waals surface area contributed by atoms with Gasteiger partial charge >= 0.3 is 0 Å². The van der Waals surface area contributed by atoms with E-state index in [1.54, 1.807) is 17.8 Å². The van der Waals surface area contributed by atoms with E-state index < -0.39 is 0 Å². The van der Waals surface area contributed by atoms with Crippen LogP contribution in [0.1, 0.15) is 18.4 Å². The molecule has 1 aromatic rings. The van der Waals surface area contributed by atoms with Gasteiger partial charge in [0, 0.05) is 0 Å². The van der Waals surface area contributed by atoms with E-state index in [9.17, 15) is 4.39 Å². The average Bonchev–Trinajstić information content (AvgIpc) is 2.10. The third-order valence-electron chi connectivity index (χ3n) is 2.01. The molecule has 0 aliphatic rings. The van der Waals surface area contributed by atoms with Gasteiger partial charge in [-0.2, -0.15) is 11.8 Å². The number of hydrogen-bond donors (Lipinski definition) is 1. The zero-order chi connectivity index (χ0) is 9.84. The number of nitrogens with two attached hydrogens (primary N) is 1. The first-order valence-corrected chi connectivity index (χ1v) is 5.58. The molecule has 72 valence electrons. The minimum atomic E-state index is -0.314. The van der Waals surface area contributed by atoms with Crippen molar-refractivity contribution in [2.45, 2.75) is 12.8 Å². The summed E-state index contributed by atoms with van der Waals surface area (Å²) in [7, 11) is 0. The summed E-state index contributed by atoms with van der Waals surface area (Å²) in [6, 6.07) is 5.04. The van der Waals surface area contributed by atoms with E-state index in [4.69, 9.17) is 5.73 Å². The second-order valence-corrected chi connectivity index (χ2v) is 4.05. The van der Waals surface area contributed by atoms with Crippen molar-refractivity contribution in [2.24, 2.45) is 0 Å². The SMILES string of the molecule is CSCC(C)c1ccc(N)c(F)c1. The van der Waals surface area contributed by atoms with Crippen LogP contribution in [0.5, 0.6) is 0 Å². The minimum absolute atomic E-state index is 0.222. The molecule has 0 amide bonds. The van der Waals surface area contributed by atoms with Crippen LogP contribution in [0.4, 0.5) is 10.1 Å². The van der Waals surface area contributed by atoms with Crippen LogP contribution < -0.4 is 5.73 Å². The smallest absolute Gasteiger partial charge is 0.146 e. The molecule has 0 spiro atoms. The van der Waals surface area contributed by atoms with Crippen molar-refractivity contribution in [1.82, 2.24) is 0 Å². The standard InChI is InChI=1S/C10H14FNS/c1-7(6-13-2)8-3-4-10(12)9(11)5-8/h3-5,7H,6,12H2,1-2H3. The van der Waals surface area contributed by atoms with E-state index in [1.165, 1.54) is 6.07 Å². The molecule has 0 saturated carbocycles. The zero-order valence-corrected chi connectivity index (χ0v) is 8.70. The van der Waals surface area contributed by atoms with Crippen LogP contribution >= 0.6 is 11.8 Å². The summed E-state index contributed by atoms with van der Waals surface area (Å²) < 4.78 is 13.0. The normalized spacial score (nSPS) is 12.8. The summed E-state index contributed by atoms with van der Waals surface area (Å²) in [6.45, 7) is 2.08. The molecule has 0 aliphatic carbocycles. The maximum Gasteiger partial charge on any atom is 0.146 e. The topological polar surface area (TPSA) is 26.0 Å². The molecule has 3 heteroatoms. The Morgan fingerprint density at radius 3 is 2.77 bits per heavy atom. The second-order valence-electron chi connectivity index (χ2n) is 3.14. The van der Waals surface area contributed by atoms with Crippen LogP contribution in [0.3, 0.4) is 0 Å². The molecule has 0 fully saturated rings. The van der Waals surface area contributed by atoms with Crippen molar-refractivity contribution in [3.05, 3.63) is 29.6 Å². The third kappa shape index (κ3) is 2.62. The fourth-order valence-electron chi connectivity index (χ4n) is 1.20. The number of rotatable bonds is 3. The van der Waals surface area contributed by atoms with Crippen molar-refractivity contribution in [3.63, 3.8) is 0 Å². The monoisotopic (exact) mass is 199 g/mol. The quantitative estimate of drug-likeness (QED) is 0.757. The number of nitrogen functional groups attached to an aromatic ring is 1. The molecule has 1 aromatic carbocycles. The predicted molar refractivity (Wildman–Crippen MR) is 57.6 cm³/mol. The Kier molecular flexibility index (Phi) is 3.60. The second kappa shape index (κ2) is 4.51. The van der Waals surface area contributed by atoms with Gasteiger partial charge < -0.3 is 5.73 Å². The fourth-order valence-corrected chi connectivity index (χ4v) is 1.89. The summed E-state index contributed by atoms with van der Waals surface area (Å²) in [6.07, 6.45) is 2.05. The van der Waals surface area contributed by atoms with Crippen molar-refractivity contribution >= 4 is 17.4 Å². The molecule has 0 aromatic heterocycles. The van der Waals surface area contributed by atoms with E-state index in [1.807, 2.05) is 12.3 Å². The lowest BCUT2D eigenvalue weighted by atomic mass is 10.0. The van der Waals surface area contributed by atoms with Crippen LogP contribution in [0, 0.1) is 5.82 Å². The van der Waals surface area contributed by atoms with Crippen molar-refractivity contribution < 1.29 is 4.39 Å². The first-order chi connectivity index (χ1) is 6.15. The van der Waals surface area contributed by atoms with E-state index in [0.29, 0.717) is 5.92 Å². The summed E-state index contributed by atoms with van der Waals surface area (Å²) in [5, 5.41) is 0. The fraction of sp³-hybridized carbons (Fsp3) is 0.400. The highest BCUT2D eigenvalue weighted by Gasteiger charge is 2.06. The van der Waals surface area contributed by atoms with Crippen molar-refractivity contribution in [1.29, 1.82) is 0 Å². The molecule has 0 aliphatic heterocycles. The average molecular weight is 199 g/mol. The highest BCUT2D eigenvalue weighted by Crippen LogP contribution is 2.22. The first kappa shape index (κ1) is 10.4. The van der Waals surface area contributed by atoms with Crippen LogP contribution in [-0.4, -0.2) is 12.0 Å². The summed E-state index contributed by atoms with van der Waals surface area (Å²) in [5.41, 5.74) is 6.62. The number of hydrogen-bond acceptors (Lipinski definition) is 2. The third-order valence-corrected chi connectivity index (χ3v) is 2.84. The largest absolute Gasteiger partial charge is 0.396 e. The summed E-state index contributed by atoms with van der Waals surface area (Å²) >= 11 is 1.76. The summed E-state index contributed by atoms with van der Waals surface area (Å²) in [4.78, 5) is 0. The van der Waals surface area contributed by atoms with Gasteiger partial charge in [-0.15, -0.1) is 0 Å². The van der Waals surface area contributed by atoms with Crippen LogP contribution in [-0.2, 0) is 0 Å². The molecule has 13 heavy (non-hydrogen) atoms. The van der Waals surface area contributed by atoms with Crippen LogP contribution in [0.2, 0.25) is 0 Å². The Morgan fingerprint density at radius 2 is 2.23 bits per heavy atom. The van der Waals surface area contributed by atoms with Gasteiger partial charge in [0.25, 0.3) is 0 Å². The van der Waals surface area contributed by atoms with E-state index >= 15 is 0 Å². The van der Waals surface area contributed by atoms with Gasteiger partial charge in [-0.25, -0.2) is 4.39 Å². The Labute approximate surface area is 82.5 Å². The van der Waals surface area contributed by atoms with Crippen LogP contribution in [0.15, 0.2) is 18.2 Å². The van der Waals surface area contributed by atoms with E-state index in [0.717, 1.165) is 11.3 Å². The molecule has 2 N–H and O–H groups in total. The number of thioether (sulfide) groups is 1. The molecule has 1 nitrogen and oxygen atoms in total. The lowest BCUT2D eigenvalue weighted by Crippen LogP contribution is -1.99. The minimum Gasteiger partial charge on any atom is -0.396 e. The molecule has 1 atom stereocenters. The molecule has 1 rings (SSSR count). The molecular formula is C10H14FNS. The Balaban J connectivity index is 2.84. The maximum atomic E-state index is 13.0.